The summed E-state index contributed by atoms with van der Waals surface area (Å²) in [6.45, 7) is 10.2. The third kappa shape index (κ3) is 3.48. The lowest BCUT2D eigenvalue weighted by Gasteiger charge is -2.43. The van der Waals surface area contributed by atoms with Gasteiger partial charge in [0.1, 0.15) is 0 Å². The molecule has 3 saturated heterocycles. The second kappa shape index (κ2) is 6.53. The molecule has 3 aliphatic rings. The molecule has 0 aromatic rings. The monoisotopic (exact) mass is 266 g/mol. The molecule has 0 radical (unpaired) electrons. The maximum atomic E-state index is 3.38. The van der Waals surface area contributed by atoms with Crippen LogP contribution in [0.5, 0.6) is 0 Å². The molecule has 110 valence electrons. The second-order valence-corrected chi connectivity index (χ2v) is 6.61. The van der Waals surface area contributed by atoms with Crippen molar-refractivity contribution in [3.63, 3.8) is 0 Å². The van der Waals surface area contributed by atoms with Crippen LogP contribution in [0.2, 0.25) is 0 Å². The van der Waals surface area contributed by atoms with Gasteiger partial charge < -0.3 is 15.1 Å². The van der Waals surface area contributed by atoms with Gasteiger partial charge in [0.15, 0.2) is 0 Å². The number of likely N-dealkylation sites (tertiary alicyclic amines) is 1. The Morgan fingerprint density at radius 1 is 1.00 bits per heavy atom. The van der Waals surface area contributed by atoms with E-state index in [0.717, 1.165) is 12.1 Å². The van der Waals surface area contributed by atoms with Gasteiger partial charge in [0.25, 0.3) is 0 Å². The van der Waals surface area contributed by atoms with Crippen molar-refractivity contribution in [3.8, 4) is 0 Å². The van der Waals surface area contributed by atoms with Gasteiger partial charge in [0.05, 0.1) is 0 Å². The largest absolute Gasteiger partial charge is 0.314 e. The summed E-state index contributed by atoms with van der Waals surface area (Å²) in [7, 11) is 2.31. The third-order valence-electron chi connectivity index (χ3n) is 5.38. The van der Waals surface area contributed by atoms with Gasteiger partial charge in [0, 0.05) is 51.4 Å². The van der Waals surface area contributed by atoms with Gasteiger partial charge in [-0.2, -0.15) is 0 Å². The molecule has 0 amide bonds. The molecule has 3 rings (SSSR count). The van der Waals surface area contributed by atoms with E-state index >= 15 is 0 Å². The van der Waals surface area contributed by atoms with Crippen LogP contribution in [-0.2, 0) is 0 Å². The molecular weight excluding hydrogens is 236 g/mol. The Hall–Kier alpha value is -0.160. The van der Waals surface area contributed by atoms with E-state index in [2.05, 4.69) is 27.1 Å². The lowest BCUT2D eigenvalue weighted by Crippen LogP contribution is -2.61. The van der Waals surface area contributed by atoms with Crippen LogP contribution >= 0.6 is 0 Å². The van der Waals surface area contributed by atoms with Gasteiger partial charge >= 0.3 is 0 Å². The first-order valence-corrected chi connectivity index (χ1v) is 8.20. The molecule has 1 N–H and O–H groups in total. The topological polar surface area (TPSA) is 21.8 Å². The van der Waals surface area contributed by atoms with Crippen molar-refractivity contribution < 1.29 is 0 Å². The minimum Gasteiger partial charge on any atom is -0.314 e. The van der Waals surface area contributed by atoms with Crippen molar-refractivity contribution in [2.45, 2.75) is 37.8 Å². The van der Waals surface area contributed by atoms with Crippen molar-refractivity contribution in [2.24, 2.45) is 0 Å². The van der Waals surface area contributed by atoms with Crippen LogP contribution in [0.3, 0.4) is 0 Å². The molecular formula is C15H30N4. The number of piperidine rings is 1. The maximum absolute atomic E-state index is 3.38. The van der Waals surface area contributed by atoms with Crippen LogP contribution in [0.15, 0.2) is 0 Å². The molecule has 0 bridgehead atoms. The van der Waals surface area contributed by atoms with E-state index in [9.17, 15) is 0 Å². The zero-order chi connectivity index (χ0) is 13.1. The minimum atomic E-state index is 0.839. The fourth-order valence-corrected chi connectivity index (χ4v) is 3.72. The Kier molecular flexibility index (Phi) is 4.74. The highest BCUT2D eigenvalue weighted by atomic mass is 15.3. The molecule has 4 heteroatoms. The summed E-state index contributed by atoms with van der Waals surface area (Å²) >= 11 is 0. The quantitative estimate of drug-likeness (QED) is 0.797. The Morgan fingerprint density at radius 3 is 2.42 bits per heavy atom. The Balaban J connectivity index is 1.35. The molecule has 0 aliphatic carbocycles. The van der Waals surface area contributed by atoms with Crippen molar-refractivity contribution >= 4 is 0 Å². The van der Waals surface area contributed by atoms with Crippen molar-refractivity contribution in [1.82, 2.24) is 20.0 Å². The molecule has 0 aromatic carbocycles. The summed E-state index contributed by atoms with van der Waals surface area (Å²) in [4.78, 5) is 7.95. The highest BCUT2D eigenvalue weighted by molar-refractivity contribution is 4.87. The molecule has 3 heterocycles. The molecule has 1 atom stereocenters. The average molecular weight is 266 g/mol. The van der Waals surface area contributed by atoms with Crippen molar-refractivity contribution in [2.75, 3.05) is 59.4 Å². The number of hydrogen-bond donors (Lipinski definition) is 1. The van der Waals surface area contributed by atoms with E-state index in [1.54, 1.807) is 0 Å². The summed E-state index contributed by atoms with van der Waals surface area (Å²) in [5, 5.41) is 3.38. The van der Waals surface area contributed by atoms with Crippen LogP contribution in [0.4, 0.5) is 0 Å². The normalized spacial score (nSPS) is 32.4. The van der Waals surface area contributed by atoms with E-state index in [4.69, 9.17) is 0 Å². The summed E-state index contributed by atoms with van der Waals surface area (Å²) in [6.07, 6.45) is 5.64. The van der Waals surface area contributed by atoms with E-state index < -0.39 is 0 Å². The van der Waals surface area contributed by atoms with Gasteiger partial charge in [-0.15, -0.1) is 0 Å². The van der Waals surface area contributed by atoms with Gasteiger partial charge in [-0.25, -0.2) is 0 Å². The smallest absolute Gasteiger partial charge is 0.0346 e. The van der Waals surface area contributed by atoms with E-state index in [1.807, 2.05) is 0 Å². The zero-order valence-electron chi connectivity index (χ0n) is 12.5. The number of nitrogens with one attached hydrogen (secondary N) is 1. The standard InChI is InChI=1S/C15H30N4/c1-17-6-3-2-4-14(17)5-7-18-8-10-19(11-9-18)15-12-16-13-15/h14-16H,2-13H2,1H3. The summed E-state index contributed by atoms with van der Waals surface area (Å²) < 4.78 is 0. The first-order valence-electron chi connectivity index (χ1n) is 8.20. The highest BCUT2D eigenvalue weighted by Crippen LogP contribution is 2.18. The molecule has 0 spiro atoms. The Labute approximate surface area is 118 Å². The lowest BCUT2D eigenvalue weighted by atomic mass is 10.00. The van der Waals surface area contributed by atoms with E-state index in [1.165, 1.54) is 78.0 Å². The second-order valence-electron chi connectivity index (χ2n) is 6.61. The van der Waals surface area contributed by atoms with Gasteiger partial charge in [0.2, 0.25) is 0 Å². The molecule has 3 aliphatic heterocycles. The van der Waals surface area contributed by atoms with Gasteiger partial charge in [-0.05, 0) is 39.4 Å². The Bertz CT molecular complexity index is 271. The highest BCUT2D eigenvalue weighted by Gasteiger charge is 2.28. The third-order valence-corrected chi connectivity index (χ3v) is 5.38. The number of piperazine rings is 1. The van der Waals surface area contributed by atoms with E-state index in [-0.39, 0.29) is 0 Å². The molecule has 4 nitrogen and oxygen atoms in total. The number of rotatable bonds is 4. The molecule has 19 heavy (non-hydrogen) atoms. The minimum absolute atomic E-state index is 0.839. The number of hydrogen-bond acceptors (Lipinski definition) is 4. The maximum Gasteiger partial charge on any atom is 0.0346 e. The lowest BCUT2D eigenvalue weighted by molar-refractivity contribution is 0.0655. The Morgan fingerprint density at radius 2 is 1.79 bits per heavy atom. The fourth-order valence-electron chi connectivity index (χ4n) is 3.72. The van der Waals surface area contributed by atoms with Crippen LogP contribution in [0.1, 0.15) is 25.7 Å². The zero-order valence-corrected chi connectivity index (χ0v) is 12.5. The van der Waals surface area contributed by atoms with Crippen molar-refractivity contribution in [1.29, 1.82) is 0 Å². The molecule has 0 aromatic heterocycles. The summed E-state index contributed by atoms with van der Waals surface area (Å²) in [6, 6.07) is 1.69. The fraction of sp³-hybridized carbons (Fsp3) is 1.00. The van der Waals surface area contributed by atoms with Gasteiger partial charge in [-0.1, -0.05) is 6.42 Å². The first kappa shape index (κ1) is 13.8. The van der Waals surface area contributed by atoms with Crippen LogP contribution in [0, 0.1) is 0 Å². The molecule has 1 unspecified atom stereocenters. The first-order chi connectivity index (χ1) is 9.33. The van der Waals surface area contributed by atoms with Crippen molar-refractivity contribution in [3.05, 3.63) is 0 Å². The number of nitrogens with zero attached hydrogens (tertiary/aromatic N) is 3. The summed E-state index contributed by atoms with van der Waals surface area (Å²) in [5.74, 6) is 0. The predicted octanol–water partition coefficient (Wildman–Crippen LogP) is 0.450. The molecule has 0 saturated carbocycles. The van der Waals surface area contributed by atoms with Crippen LogP contribution in [-0.4, -0.2) is 86.2 Å². The van der Waals surface area contributed by atoms with Crippen LogP contribution in [0.25, 0.3) is 0 Å². The average Bonchev–Trinajstić information content (AvgIpc) is 2.37. The SMILES string of the molecule is CN1CCCCC1CCN1CCN(C2CNC2)CC1. The molecule has 3 fully saturated rings. The van der Waals surface area contributed by atoms with Crippen LogP contribution < -0.4 is 5.32 Å². The predicted molar refractivity (Wildman–Crippen MR) is 79.6 cm³/mol. The van der Waals surface area contributed by atoms with Gasteiger partial charge in [-0.3, -0.25) is 4.90 Å². The van der Waals surface area contributed by atoms with E-state index in [0.29, 0.717) is 0 Å². The summed E-state index contributed by atoms with van der Waals surface area (Å²) in [5.41, 5.74) is 0.